The molecule has 0 N–H and O–H groups in total. The standard InChI is InChI=1S/C9H7ClN2O/c10-9-8(6-5-13-6)12-4-2-1-3-7(12)11-9/h1-4,6H,5H2/t6-/m0/s1. The van der Waals surface area contributed by atoms with Crippen molar-refractivity contribution in [3.05, 3.63) is 35.2 Å². The predicted octanol–water partition coefficient (Wildman–Crippen LogP) is 2.06. The first-order valence-electron chi connectivity index (χ1n) is 4.10. The van der Waals surface area contributed by atoms with Crippen molar-refractivity contribution in [2.24, 2.45) is 0 Å². The molecule has 0 aliphatic carbocycles. The zero-order valence-corrected chi connectivity index (χ0v) is 7.53. The van der Waals surface area contributed by atoms with Gasteiger partial charge in [0, 0.05) is 6.20 Å². The molecular formula is C9H7ClN2O. The van der Waals surface area contributed by atoms with Gasteiger partial charge in [0.2, 0.25) is 0 Å². The lowest BCUT2D eigenvalue weighted by molar-refractivity contribution is 0.410. The fourth-order valence-electron chi connectivity index (χ4n) is 1.48. The minimum absolute atomic E-state index is 0.143. The highest BCUT2D eigenvalue weighted by Gasteiger charge is 2.31. The van der Waals surface area contributed by atoms with Gasteiger partial charge in [0.05, 0.1) is 12.3 Å². The van der Waals surface area contributed by atoms with Crippen LogP contribution in [0.5, 0.6) is 0 Å². The molecule has 3 heterocycles. The van der Waals surface area contributed by atoms with E-state index in [1.807, 2.05) is 28.8 Å². The van der Waals surface area contributed by atoms with Crippen LogP contribution in [0, 0.1) is 0 Å². The topological polar surface area (TPSA) is 29.8 Å². The fourth-order valence-corrected chi connectivity index (χ4v) is 1.78. The van der Waals surface area contributed by atoms with Gasteiger partial charge in [-0.25, -0.2) is 4.98 Å². The maximum atomic E-state index is 5.99. The van der Waals surface area contributed by atoms with Crippen molar-refractivity contribution < 1.29 is 4.74 Å². The summed E-state index contributed by atoms with van der Waals surface area (Å²) in [6.45, 7) is 0.752. The largest absolute Gasteiger partial charge is 0.366 e. The summed E-state index contributed by atoms with van der Waals surface area (Å²) in [7, 11) is 0. The van der Waals surface area contributed by atoms with E-state index in [2.05, 4.69) is 4.98 Å². The van der Waals surface area contributed by atoms with Gasteiger partial charge < -0.3 is 4.74 Å². The van der Waals surface area contributed by atoms with Crippen LogP contribution in [0.2, 0.25) is 5.15 Å². The molecule has 3 nitrogen and oxygen atoms in total. The summed E-state index contributed by atoms with van der Waals surface area (Å²) < 4.78 is 7.17. The number of epoxide rings is 1. The van der Waals surface area contributed by atoms with Gasteiger partial charge in [-0.1, -0.05) is 17.7 Å². The molecule has 0 radical (unpaired) electrons. The molecule has 0 spiro atoms. The first kappa shape index (κ1) is 7.35. The minimum Gasteiger partial charge on any atom is -0.366 e. The van der Waals surface area contributed by atoms with Crippen molar-refractivity contribution >= 4 is 17.2 Å². The summed E-state index contributed by atoms with van der Waals surface area (Å²) >= 11 is 5.99. The minimum atomic E-state index is 0.143. The Morgan fingerprint density at radius 3 is 3.15 bits per heavy atom. The second-order valence-electron chi connectivity index (χ2n) is 3.04. The third kappa shape index (κ3) is 1.04. The van der Waals surface area contributed by atoms with Crippen LogP contribution in [0.25, 0.3) is 5.65 Å². The van der Waals surface area contributed by atoms with Crippen LogP contribution in [0.1, 0.15) is 11.8 Å². The van der Waals surface area contributed by atoms with E-state index in [4.69, 9.17) is 16.3 Å². The zero-order valence-electron chi connectivity index (χ0n) is 6.77. The summed E-state index contributed by atoms with van der Waals surface area (Å²) in [4.78, 5) is 4.22. The van der Waals surface area contributed by atoms with Crippen LogP contribution in [-0.4, -0.2) is 16.0 Å². The quantitative estimate of drug-likeness (QED) is 0.651. The van der Waals surface area contributed by atoms with Crippen LogP contribution in [0.4, 0.5) is 0 Å². The van der Waals surface area contributed by atoms with E-state index in [0.717, 1.165) is 17.9 Å². The average Bonchev–Trinajstić information content (AvgIpc) is 2.88. The lowest BCUT2D eigenvalue weighted by Crippen LogP contribution is -1.90. The Labute approximate surface area is 79.9 Å². The van der Waals surface area contributed by atoms with Gasteiger partial charge in [-0.15, -0.1) is 0 Å². The zero-order chi connectivity index (χ0) is 8.84. The highest BCUT2D eigenvalue weighted by Crippen LogP contribution is 2.34. The van der Waals surface area contributed by atoms with Gasteiger partial charge in [0.15, 0.2) is 5.15 Å². The Bertz CT molecular complexity index is 462. The third-order valence-electron chi connectivity index (χ3n) is 2.16. The summed E-state index contributed by atoms with van der Waals surface area (Å²) in [6, 6.07) is 5.82. The molecular weight excluding hydrogens is 188 g/mol. The van der Waals surface area contributed by atoms with E-state index >= 15 is 0 Å². The van der Waals surface area contributed by atoms with E-state index in [0.29, 0.717) is 5.15 Å². The molecule has 2 aromatic rings. The molecule has 0 bridgehead atoms. The van der Waals surface area contributed by atoms with Gasteiger partial charge in [0.25, 0.3) is 0 Å². The second-order valence-corrected chi connectivity index (χ2v) is 3.40. The molecule has 1 fully saturated rings. The third-order valence-corrected chi connectivity index (χ3v) is 2.44. The van der Waals surface area contributed by atoms with Gasteiger partial charge in [-0.2, -0.15) is 0 Å². The van der Waals surface area contributed by atoms with Crippen molar-refractivity contribution in [1.29, 1.82) is 0 Å². The van der Waals surface area contributed by atoms with Crippen molar-refractivity contribution in [3.8, 4) is 0 Å². The van der Waals surface area contributed by atoms with Crippen LogP contribution in [-0.2, 0) is 4.74 Å². The lowest BCUT2D eigenvalue weighted by Gasteiger charge is -1.95. The van der Waals surface area contributed by atoms with Crippen molar-refractivity contribution in [2.75, 3.05) is 6.61 Å². The first-order valence-corrected chi connectivity index (χ1v) is 4.48. The maximum Gasteiger partial charge on any atom is 0.154 e. The molecule has 66 valence electrons. The average molecular weight is 195 g/mol. The Balaban J connectivity index is 2.35. The molecule has 3 rings (SSSR count). The molecule has 13 heavy (non-hydrogen) atoms. The van der Waals surface area contributed by atoms with Crippen molar-refractivity contribution in [3.63, 3.8) is 0 Å². The van der Waals surface area contributed by atoms with Crippen LogP contribution in [0.15, 0.2) is 24.4 Å². The number of pyridine rings is 1. The molecule has 1 atom stereocenters. The second kappa shape index (κ2) is 2.47. The molecule has 2 aromatic heterocycles. The summed E-state index contributed by atoms with van der Waals surface area (Å²) in [6.07, 6.45) is 2.09. The number of ether oxygens (including phenoxy) is 1. The number of aromatic nitrogens is 2. The van der Waals surface area contributed by atoms with Crippen molar-refractivity contribution in [2.45, 2.75) is 6.10 Å². The van der Waals surface area contributed by atoms with E-state index in [1.54, 1.807) is 0 Å². The van der Waals surface area contributed by atoms with Gasteiger partial charge in [-0.3, -0.25) is 4.40 Å². The number of hydrogen-bond donors (Lipinski definition) is 0. The fraction of sp³-hybridized carbons (Fsp3) is 0.222. The number of imidazole rings is 1. The summed E-state index contributed by atoms with van der Waals surface area (Å²) in [5, 5.41) is 0.550. The maximum absolute atomic E-state index is 5.99. The molecule has 1 saturated heterocycles. The highest BCUT2D eigenvalue weighted by atomic mass is 35.5. The van der Waals surface area contributed by atoms with E-state index in [9.17, 15) is 0 Å². The Kier molecular flexibility index (Phi) is 1.39. The molecule has 0 aromatic carbocycles. The molecule has 0 amide bonds. The van der Waals surface area contributed by atoms with E-state index in [1.165, 1.54) is 0 Å². The lowest BCUT2D eigenvalue weighted by atomic mass is 10.3. The van der Waals surface area contributed by atoms with Gasteiger partial charge >= 0.3 is 0 Å². The van der Waals surface area contributed by atoms with Crippen molar-refractivity contribution in [1.82, 2.24) is 9.38 Å². The number of fused-ring (bicyclic) bond motifs is 1. The number of hydrogen-bond acceptors (Lipinski definition) is 2. The highest BCUT2D eigenvalue weighted by molar-refractivity contribution is 6.30. The molecule has 4 heteroatoms. The number of halogens is 1. The van der Waals surface area contributed by atoms with Crippen LogP contribution in [0.3, 0.4) is 0 Å². The normalized spacial score (nSPS) is 20.8. The Morgan fingerprint density at radius 1 is 1.54 bits per heavy atom. The van der Waals surface area contributed by atoms with Crippen LogP contribution >= 0.6 is 11.6 Å². The van der Waals surface area contributed by atoms with E-state index in [-0.39, 0.29) is 6.10 Å². The van der Waals surface area contributed by atoms with Crippen LogP contribution < -0.4 is 0 Å². The Hall–Kier alpha value is -1.06. The smallest absolute Gasteiger partial charge is 0.154 e. The summed E-state index contributed by atoms with van der Waals surface area (Å²) in [5.41, 5.74) is 1.84. The Morgan fingerprint density at radius 2 is 2.38 bits per heavy atom. The number of nitrogens with zero attached hydrogens (tertiary/aromatic N) is 2. The molecule has 1 aliphatic heterocycles. The first-order chi connectivity index (χ1) is 6.36. The predicted molar refractivity (Wildman–Crippen MR) is 48.9 cm³/mol. The molecule has 0 unspecified atom stereocenters. The molecule has 1 aliphatic rings. The van der Waals surface area contributed by atoms with Gasteiger partial charge in [0.1, 0.15) is 11.8 Å². The SMILES string of the molecule is Clc1nc2ccccn2c1[C@@H]1CO1. The molecule has 0 saturated carbocycles. The summed E-state index contributed by atoms with van der Waals surface area (Å²) in [5.74, 6) is 0. The number of rotatable bonds is 1. The monoisotopic (exact) mass is 194 g/mol. The van der Waals surface area contributed by atoms with Gasteiger partial charge in [-0.05, 0) is 12.1 Å². The van der Waals surface area contributed by atoms with E-state index < -0.39 is 0 Å².